The molecular formula is C25H30F2N2O4. The summed E-state index contributed by atoms with van der Waals surface area (Å²) in [6.45, 7) is 6.90. The average Bonchev–Trinajstić information content (AvgIpc) is 2.79. The van der Waals surface area contributed by atoms with E-state index in [1.165, 1.54) is 6.07 Å². The van der Waals surface area contributed by atoms with E-state index in [0.717, 1.165) is 12.1 Å². The lowest BCUT2D eigenvalue weighted by Gasteiger charge is -2.35. The molecular weight excluding hydrogens is 430 g/mol. The third-order valence-electron chi connectivity index (χ3n) is 5.61. The van der Waals surface area contributed by atoms with Crippen LogP contribution in [0.15, 0.2) is 42.5 Å². The molecule has 1 aliphatic rings. The number of hydrogen-bond donors (Lipinski definition) is 1. The number of nitrogens with zero attached hydrogens (tertiary/aromatic N) is 1. The number of ether oxygens (including phenoxy) is 2. The van der Waals surface area contributed by atoms with E-state index in [1.807, 2.05) is 31.2 Å². The SMILES string of the molecule is CCOc1ccccc1OC1CCN(C(=O)C(NC(=O)c2c(F)cccc2F)C(C)C)CC1. The van der Waals surface area contributed by atoms with Gasteiger partial charge in [0.25, 0.3) is 5.91 Å². The molecule has 8 heteroatoms. The van der Waals surface area contributed by atoms with Crippen molar-refractivity contribution in [3.05, 3.63) is 59.7 Å². The molecule has 1 atom stereocenters. The molecule has 2 aromatic carbocycles. The van der Waals surface area contributed by atoms with E-state index in [1.54, 1.807) is 18.7 Å². The van der Waals surface area contributed by atoms with Gasteiger partial charge in [0, 0.05) is 25.9 Å². The molecule has 0 aromatic heterocycles. The molecule has 1 fully saturated rings. The van der Waals surface area contributed by atoms with Gasteiger partial charge in [-0.15, -0.1) is 0 Å². The maximum atomic E-state index is 14.0. The number of carbonyl (C=O) groups is 2. The monoisotopic (exact) mass is 460 g/mol. The second-order valence-corrected chi connectivity index (χ2v) is 8.31. The van der Waals surface area contributed by atoms with Crippen molar-refractivity contribution in [2.75, 3.05) is 19.7 Å². The summed E-state index contributed by atoms with van der Waals surface area (Å²) >= 11 is 0. The first-order valence-corrected chi connectivity index (χ1v) is 11.2. The minimum atomic E-state index is -0.965. The third kappa shape index (κ3) is 6.00. The molecule has 6 nitrogen and oxygen atoms in total. The second kappa shape index (κ2) is 11.1. The summed E-state index contributed by atoms with van der Waals surface area (Å²) in [5.41, 5.74) is -0.684. The van der Waals surface area contributed by atoms with Crippen molar-refractivity contribution in [2.24, 2.45) is 5.92 Å². The lowest BCUT2D eigenvalue weighted by Crippen LogP contribution is -2.53. The maximum absolute atomic E-state index is 14.0. The molecule has 2 amide bonds. The van der Waals surface area contributed by atoms with E-state index >= 15 is 0 Å². The van der Waals surface area contributed by atoms with Crippen LogP contribution in [0, 0.1) is 17.6 Å². The Morgan fingerprint density at radius 1 is 1.03 bits per heavy atom. The van der Waals surface area contributed by atoms with Crippen LogP contribution in [0.3, 0.4) is 0 Å². The number of benzene rings is 2. The lowest BCUT2D eigenvalue weighted by atomic mass is 9.99. The minimum absolute atomic E-state index is 0.0738. The Kier molecular flexibility index (Phi) is 8.25. The number of carbonyl (C=O) groups excluding carboxylic acids is 2. The average molecular weight is 461 g/mol. The molecule has 0 spiro atoms. The number of amides is 2. The summed E-state index contributed by atoms with van der Waals surface area (Å²) in [7, 11) is 0. The van der Waals surface area contributed by atoms with Gasteiger partial charge in [-0.3, -0.25) is 9.59 Å². The van der Waals surface area contributed by atoms with Crippen LogP contribution in [0.5, 0.6) is 11.5 Å². The van der Waals surface area contributed by atoms with E-state index in [2.05, 4.69) is 5.32 Å². The van der Waals surface area contributed by atoms with Gasteiger partial charge in [0.05, 0.1) is 6.61 Å². The molecule has 0 saturated carbocycles. The van der Waals surface area contributed by atoms with Crippen LogP contribution < -0.4 is 14.8 Å². The Bertz CT molecular complexity index is 954. The summed E-state index contributed by atoms with van der Waals surface area (Å²) in [5.74, 6) is -2.06. The molecule has 0 bridgehead atoms. The number of nitrogens with one attached hydrogen (secondary N) is 1. The Labute approximate surface area is 192 Å². The summed E-state index contributed by atoms with van der Waals surface area (Å²) in [5, 5.41) is 2.53. The van der Waals surface area contributed by atoms with Crippen LogP contribution in [-0.4, -0.2) is 48.6 Å². The van der Waals surface area contributed by atoms with Gasteiger partial charge in [-0.2, -0.15) is 0 Å². The highest BCUT2D eigenvalue weighted by Crippen LogP contribution is 2.29. The maximum Gasteiger partial charge on any atom is 0.257 e. The molecule has 1 saturated heterocycles. The summed E-state index contributed by atoms with van der Waals surface area (Å²) in [4.78, 5) is 27.3. The van der Waals surface area contributed by atoms with Crippen molar-refractivity contribution in [3.63, 3.8) is 0 Å². The van der Waals surface area contributed by atoms with Gasteiger partial charge in [-0.05, 0) is 37.1 Å². The van der Waals surface area contributed by atoms with Gasteiger partial charge in [-0.25, -0.2) is 8.78 Å². The van der Waals surface area contributed by atoms with Crippen molar-refractivity contribution in [2.45, 2.75) is 45.8 Å². The van der Waals surface area contributed by atoms with Gasteiger partial charge >= 0.3 is 0 Å². The zero-order valence-corrected chi connectivity index (χ0v) is 19.1. The quantitative estimate of drug-likeness (QED) is 0.642. The Hall–Kier alpha value is -3.16. The van der Waals surface area contributed by atoms with Crippen molar-refractivity contribution >= 4 is 11.8 Å². The molecule has 1 heterocycles. The van der Waals surface area contributed by atoms with Gasteiger partial charge in [0.15, 0.2) is 11.5 Å². The number of halogens is 2. The zero-order valence-electron chi connectivity index (χ0n) is 19.1. The van der Waals surface area contributed by atoms with Crippen LogP contribution in [0.1, 0.15) is 44.0 Å². The molecule has 0 aliphatic carbocycles. The molecule has 1 aliphatic heterocycles. The molecule has 3 rings (SSSR count). The summed E-state index contributed by atoms with van der Waals surface area (Å²) in [6.07, 6.45) is 1.16. The number of piperidine rings is 1. The fraction of sp³-hybridized carbons (Fsp3) is 0.440. The van der Waals surface area contributed by atoms with Crippen molar-refractivity contribution < 1.29 is 27.8 Å². The number of rotatable bonds is 8. The first kappa shape index (κ1) is 24.5. The molecule has 2 aromatic rings. The minimum Gasteiger partial charge on any atom is -0.490 e. The largest absolute Gasteiger partial charge is 0.490 e. The molecule has 0 radical (unpaired) electrons. The highest BCUT2D eigenvalue weighted by Gasteiger charge is 2.33. The molecule has 1 unspecified atom stereocenters. The first-order valence-electron chi connectivity index (χ1n) is 11.2. The van der Waals surface area contributed by atoms with E-state index in [9.17, 15) is 18.4 Å². The predicted molar refractivity (Wildman–Crippen MR) is 120 cm³/mol. The van der Waals surface area contributed by atoms with Crippen LogP contribution in [0.4, 0.5) is 8.78 Å². The topological polar surface area (TPSA) is 67.9 Å². The van der Waals surface area contributed by atoms with Crippen LogP contribution in [0.25, 0.3) is 0 Å². The molecule has 1 N–H and O–H groups in total. The van der Waals surface area contributed by atoms with Crippen LogP contribution in [-0.2, 0) is 4.79 Å². The van der Waals surface area contributed by atoms with E-state index in [0.29, 0.717) is 44.0 Å². The van der Waals surface area contributed by atoms with E-state index < -0.39 is 29.1 Å². The Morgan fingerprint density at radius 2 is 1.64 bits per heavy atom. The van der Waals surface area contributed by atoms with Crippen molar-refractivity contribution in [1.29, 1.82) is 0 Å². The fourth-order valence-electron chi connectivity index (χ4n) is 3.83. The first-order chi connectivity index (χ1) is 15.8. The van der Waals surface area contributed by atoms with Crippen molar-refractivity contribution in [3.8, 4) is 11.5 Å². The Balaban J connectivity index is 1.61. The van der Waals surface area contributed by atoms with Crippen molar-refractivity contribution in [1.82, 2.24) is 10.2 Å². The van der Waals surface area contributed by atoms with E-state index in [4.69, 9.17) is 9.47 Å². The summed E-state index contributed by atoms with van der Waals surface area (Å²) < 4.78 is 39.7. The number of likely N-dealkylation sites (tertiary alicyclic amines) is 1. The highest BCUT2D eigenvalue weighted by molar-refractivity contribution is 5.98. The highest BCUT2D eigenvalue weighted by atomic mass is 19.1. The van der Waals surface area contributed by atoms with Gasteiger partial charge < -0.3 is 19.7 Å². The van der Waals surface area contributed by atoms with Gasteiger partial charge in [0.2, 0.25) is 5.91 Å². The number of para-hydroxylation sites is 2. The standard InChI is InChI=1S/C25H30F2N2O4/c1-4-32-20-10-5-6-11-21(20)33-17-12-14-29(15-13-17)25(31)23(16(2)3)28-24(30)22-18(26)8-7-9-19(22)27/h5-11,16-17,23H,4,12-15H2,1-3H3,(H,28,30). The Morgan fingerprint density at radius 3 is 2.21 bits per heavy atom. The zero-order chi connectivity index (χ0) is 24.0. The molecule has 178 valence electrons. The predicted octanol–water partition coefficient (Wildman–Crippen LogP) is 4.19. The number of hydrogen-bond acceptors (Lipinski definition) is 4. The molecule has 33 heavy (non-hydrogen) atoms. The van der Waals surface area contributed by atoms with E-state index in [-0.39, 0.29) is 17.9 Å². The smallest absolute Gasteiger partial charge is 0.257 e. The van der Waals surface area contributed by atoms with Gasteiger partial charge in [0.1, 0.15) is 29.3 Å². The van der Waals surface area contributed by atoms with Gasteiger partial charge in [-0.1, -0.05) is 32.0 Å². The fourth-order valence-corrected chi connectivity index (χ4v) is 3.83. The third-order valence-corrected chi connectivity index (χ3v) is 5.61. The van der Waals surface area contributed by atoms with Crippen LogP contribution in [0.2, 0.25) is 0 Å². The lowest BCUT2D eigenvalue weighted by molar-refractivity contribution is -0.136. The normalized spacial score (nSPS) is 15.3. The summed E-state index contributed by atoms with van der Waals surface area (Å²) in [6, 6.07) is 9.79. The second-order valence-electron chi connectivity index (χ2n) is 8.31. The van der Waals surface area contributed by atoms with Crippen LogP contribution >= 0.6 is 0 Å².